The first-order valence-electron chi connectivity index (χ1n) is 10.4. The average Bonchev–Trinajstić information content (AvgIpc) is 3.26. The molecule has 0 saturated heterocycles. The number of carbonyl (C=O) groups is 1. The maximum atomic E-state index is 12.8. The maximum absolute atomic E-state index is 12.8. The van der Waals surface area contributed by atoms with Gasteiger partial charge in [0.1, 0.15) is 0 Å². The third-order valence-electron chi connectivity index (χ3n) is 5.80. The molecule has 1 fully saturated rings. The van der Waals surface area contributed by atoms with Crippen LogP contribution in [0.25, 0.3) is 0 Å². The highest BCUT2D eigenvalue weighted by molar-refractivity contribution is 7.90. The predicted molar refractivity (Wildman–Crippen MR) is 125 cm³/mol. The molecule has 0 spiro atoms. The predicted octanol–water partition coefficient (Wildman–Crippen LogP) is 3.09. The van der Waals surface area contributed by atoms with Crippen molar-refractivity contribution >= 4 is 43.2 Å². The molecule has 1 unspecified atom stereocenters. The largest absolute Gasteiger partial charge is 0.309 e. The third-order valence-corrected chi connectivity index (χ3v) is 9.08. The fourth-order valence-corrected chi connectivity index (χ4v) is 6.14. The molecule has 1 aromatic carbocycles. The number of hydrogen-bond donors (Lipinski definition) is 1. The zero-order valence-corrected chi connectivity index (χ0v) is 21.0. The Bertz CT molecular complexity index is 1230. The molecule has 1 aliphatic carbocycles. The van der Waals surface area contributed by atoms with Crippen LogP contribution in [0.15, 0.2) is 40.5 Å². The summed E-state index contributed by atoms with van der Waals surface area (Å²) in [5.41, 5.74) is 0.813. The van der Waals surface area contributed by atoms with Gasteiger partial charge in [0.2, 0.25) is 5.91 Å². The molecule has 1 N–H and O–H groups in total. The Labute approximate surface area is 199 Å². The van der Waals surface area contributed by atoms with Crippen molar-refractivity contribution in [2.45, 2.75) is 47.9 Å². The Kier molecular flexibility index (Phi) is 7.77. The van der Waals surface area contributed by atoms with Gasteiger partial charge in [-0.05, 0) is 42.4 Å². The van der Waals surface area contributed by atoms with E-state index in [4.69, 9.17) is 11.6 Å². The van der Waals surface area contributed by atoms with Crippen molar-refractivity contribution in [3.8, 4) is 0 Å². The molecular formula is C21H27ClN4O5S2. The van der Waals surface area contributed by atoms with E-state index in [9.17, 15) is 21.6 Å². The van der Waals surface area contributed by atoms with Gasteiger partial charge < -0.3 is 5.32 Å². The van der Waals surface area contributed by atoms with Crippen LogP contribution >= 0.6 is 11.6 Å². The van der Waals surface area contributed by atoms with Crippen LogP contribution in [0.2, 0.25) is 5.02 Å². The van der Waals surface area contributed by atoms with Gasteiger partial charge in [0.05, 0.1) is 22.3 Å². The molecule has 12 heteroatoms. The smallest absolute Gasteiger partial charge is 0.261 e. The lowest BCUT2D eigenvalue weighted by Gasteiger charge is -2.24. The van der Waals surface area contributed by atoms with Crippen molar-refractivity contribution in [3.63, 3.8) is 0 Å². The van der Waals surface area contributed by atoms with Gasteiger partial charge in [-0.15, -0.1) is 0 Å². The number of anilines is 1. The topological polar surface area (TPSA) is 126 Å². The van der Waals surface area contributed by atoms with Crippen LogP contribution < -0.4 is 5.32 Å². The van der Waals surface area contributed by atoms with E-state index in [1.165, 1.54) is 26.4 Å². The van der Waals surface area contributed by atoms with Crippen LogP contribution in [0, 0.1) is 5.92 Å². The Hall–Kier alpha value is -2.08. The lowest BCUT2D eigenvalue weighted by molar-refractivity contribution is -0.116. The average molecular weight is 515 g/mol. The highest BCUT2D eigenvalue weighted by atomic mass is 35.5. The van der Waals surface area contributed by atoms with Crippen LogP contribution in [-0.4, -0.2) is 57.4 Å². The van der Waals surface area contributed by atoms with Gasteiger partial charge in [-0.2, -0.15) is 0 Å². The summed E-state index contributed by atoms with van der Waals surface area (Å²) in [5.74, 6) is -0.0179. The van der Waals surface area contributed by atoms with Gasteiger partial charge in [-0.3, -0.25) is 4.79 Å². The first kappa shape index (κ1) is 25.5. The molecule has 0 aliphatic heterocycles. The molecule has 1 amide bonds. The molecule has 180 valence electrons. The van der Waals surface area contributed by atoms with E-state index in [-0.39, 0.29) is 44.9 Å². The van der Waals surface area contributed by atoms with Gasteiger partial charge in [0.25, 0.3) is 10.0 Å². The van der Waals surface area contributed by atoms with Crippen molar-refractivity contribution in [1.29, 1.82) is 0 Å². The number of nitrogens with zero attached hydrogens (tertiary/aromatic N) is 3. The second kappa shape index (κ2) is 10.0. The monoisotopic (exact) mass is 514 g/mol. The summed E-state index contributed by atoms with van der Waals surface area (Å²) in [6.45, 7) is 0. The number of carbonyl (C=O) groups excluding carboxylic acids is 1. The standard InChI is InChI=1S/C21H27ClN4O5S2/c1-26(2)33(30,31)21-13-23-19(12-24-21)25-20(27)11-16(14-6-4-5-7-14)15-8-9-18(17(22)10-15)32(3,28)29/h8-10,12-14,16H,4-7,11H2,1-3H3,(H,23,25,27). The van der Waals surface area contributed by atoms with E-state index in [1.54, 1.807) is 12.1 Å². The summed E-state index contributed by atoms with van der Waals surface area (Å²) in [6, 6.07) is 4.84. The van der Waals surface area contributed by atoms with Gasteiger partial charge >= 0.3 is 0 Å². The highest BCUT2D eigenvalue weighted by Gasteiger charge is 2.29. The van der Waals surface area contributed by atoms with E-state index >= 15 is 0 Å². The second-order valence-corrected chi connectivity index (χ2v) is 12.9. The molecule has 0 radical (unpaired) electrons. The molecule has 9 nitrogen and oxygen atoms in total. The number of sulfone groups is 1. The summed E-state index contributed by atoms with van der Waals surface area (Å²) >= 11 is 6.25. The molecule has 1 saturated carbocycles. The quantitative estimate of drug-likeness (QED) is 0.573. The summed E-state index contributed by atoms with van der Waals surface area (Å²) in [4.78, 5) is 20.8. The van der Waals surface area contributed by atoms with Crippen LogP contribution in [-0.2, 0) is 24.7 Å². The van der Waals surface area contributed by atoms with Gasteiger partial charge in [-0.1, -0.05) is 30.5 Å². The lowest BCUT2D eigenvalue weighted by Crippen LogP contribution is -2.24. The van der Waals surface area contributed by atoms with Crippen LogP contribution in [0.1, 0.15) is 43.6 Å². The maximum Gasteiger partial charge on any atom is 0.261 e. The zero-order valence-electron chi connectivity index (χ0n) is 18.7. The number of rotatable bonds is 8. The Morgan fingerprint density at radius 3 is 2.33 bits per heavy atom. The van der Waals surface area contributed by atoms with E-state index in [2.05, 4.69) is 15.3 Å². The Balaban J connectivity index is 1.79. The van der Waals surface area contributed by atoms with E-state index < -0.39 is 19.9 Å². The molecule has 1 heterocycles. The van der Waals surface area contributed by atoms with Crippen molar-refractivity contribution < 1.29 is 21.6 Å². The molecule has 2 aromatic rings. The van der Waals surface area contributed by atoms with Crippen molar-refractivity contribution in [2.24, 2.45) is 5.92 Å². The molecule has 1 atom stereocenters. The molecule has 1 aliphatic rings. The third kappa shape index (κ3) is 6.08. The van der Waals surface area contributed by atoms with E-state index in [0.29, 0.717) is 0 Å². The van der Waals surface area contributed by atoms with Crippen LogP contribution in [0.5, 0.6) is 0 Å². The van der Waals surface area contributed by atoms with E-state index in [0.717, 1.165) is 48.0 Å². The summed E-state index contributed by atoms with van der Waals surface area (Å²) in [6.07, 6.45) is 7.65. The molecule has 0 bridgehead atoms. The summed E-state index contributed by atoms with van der Waals surface area (Å²) < 4.78 is 49.0. The van der Waals surface area contributed by atoms with Gasteiger partial charge in [-0.25, -0.2) is 31.1 Å². The zero-order chi connectivity index (χ0) is 24.4. The first-order chi connectivity index (χ1) is 15.4. The number of amides is 1. The number of aromatic nitrogens is 2. The molecule has 1 aromatic heterocycles. The lowest BCUT2D eigenvalue weighted by atomic mass is 9.82. The normalized spacial score (nSPS) is 16.2. The van der Waals surface area contributed by atoms with Crippen LogP contribution in [0.3, 0.4) is 0 Å². The summed E-state index contributed by atoms with van der Waals surface area (Å²) in [5, 5.41) is 2.60. The molecule has 3 rings (SSSR count). The fraction of sp³-hybridized carbons (Fsp3) is 0.476. The number of sulfonamides is 1. The van der Waals surface area contributed by atoms with Crippen LogP contribution in [0.4, 0.5) is 5.82 Å². The second-order valence-electron chi connectivity index (χ2n) is 8.39. The Morgan fingerprint density at radius 2 is 1.82 bits per heavy atom. The minimum Gasteiger partial charge on any atom is -0.309 e. The number of benzene rings is 1. The summed E-state index contributed by atoms with van der Waals surface area (Å²) in [7, 11) is -4.38. The minimum absolute atomic E-state index is 0.0607. The van der Waals surface area contributed by atoms with Crippen molar-refractivity contribution in [1.82, 2.24) is 14.3 Å². The number of hydrogen-bond acceptors (Lipinski definition) is 7. The fourth-order valence-electron chi connectivity index (χ4n) is 4.06. The van der Waals surface area contributed by atoms with Gasteiger partial charge in [0.15, 0.2) is 20.7 Å². The van der Waals surface area contributed by atoms with Gasteiger partial charge in [0, 0.05) is 26.8 Å². The number of nitrogens with one attached hydrogen (secondary N) is 1. The van der Waals surface area contributed by atoms with E-state index in [1.807, 2.05) is 0 Å². The van der Waals surface area contributed by atoms with Crippen molar-refractivity contribution in [3.05, 3.63) is 41.2 Å². The van der Waals surface area contributed by atoms with Crippen molar-refractivity contribution in [2.75, 3.05) is 25.7 Å². The molecular weight excluding hydrogens is 488 g/mol. The Morgan fingerprint density at radius 1 is 1.15 bits per heavy atom. The SMILES string of the molecule is CN(C)S(=O)(=O)c1cnc(NC(=O)CC(c2ccc(S(C)(=O)=O)c(Cl)c2)C2CCCC2)cn1. The first-order valence-corrected chi connectivity index (χ1v) is 14.1. The molecule has 33 heavy (non-hydrogen) atoms. The minimum atomic E-state index is -3.71. The number of halogens is 1. The highest BCUT2D eigenvalue weighted by Crippen LogP contribution is 2.41.